The molecular formula is C12H15Cl. The average molecular weight is 195 g/mol. The molecule has 0 bridgehead atoms. The number of allylic oxidation sites excluding steroid dienone is 1. The summed E-state index contributed by atoms with van der Waals surface area (Å²) in [6.45, 7) is 2.17. The molecule has 1 rings (SSSR count). The summed E-state index contributed by atoms with van der Waals surface area (Å²) >= 11 is 6.06. The van der Waals surface area contributed by atoms with Crippen molar-refractivity contribution < 1.29 is 0 Å². The molecule has 0 atom stereocenters. The first-order chi connectivity index (χ1) is 6.33. The highest BCUT2D eigenvalue weighted by Gasteiger charge is 1.92. The smallest absolute Gasteiger partial charge is 0.0186 e. The summed E-state index contributed by atoms with van der Waals surface area (Å²) < 4.78 is 0. The second-order valence-electron chi connectivity index (χ2n) is 3.11. The SMILES string of the molecule is CCCCC(Cl)=Cc1ccccc1. The minimum atomic E-state index is 0.952. The van der Waals surface area contributed by atoms with E-state index in [1.54, 1.807) is 0 Å². The molecule has 70 valence electrons. The zero-order chi connectivity index (χ0) is 9.52. The van der Waals surface area contributed by atoms with Crippen molar-refractivity contribution >= 4 is 17.7 Å². The van der Waals surface area contributed by atoms with E-state index in [1.807, 2.05) is 24.3 Å². The van der Waals surface area contributed by atoms with Crippen molar-refractivity contribution in [1.29, 1.82) is 0 Å². The van der Waals surface area contributed by atoms with Gasteiger partial charge in [-0.2, -0.15) is 0 Å². The minimum Gasteiger partial charge on any atom is -0.0891 e. The Morgan fingerprint density at radius 2 is 2.00 bits per heavy atom. The van der Waals surface area contributed by atoms with Gasteiger partial charge in [0.1, 0.15) is 0 Å². The van der Waals surface area contributed by atoms with Crippen LogP contribution in [0.3, 0.4) is 0 Å². The van der Waals surface area contributed by atoms with Crippen molar-refractivity contribution in [3.8, 4) is 0 Å². The minimum absolute atomic E-state index is 0.952. The highest BCUT2D eigenvalue weighted by atomic mass is 35.5. The maximum Gasteiger partial charge on any atom is 0.0186 e. The van der Waals surface area contributed by atoms with Crippen molar-refractivity contribution in [2.24, 2.45) is 0 Å². The molecule has 1 aromatic carbocycles. The topological polar surface area (TPSA) is 0 Å². The summed E-state index contributed by atoms with van der Waals surface area (Å²) in [4.78, 5) is 0. The predicted molar refractivity (Wildman–Crippen MR) is 59.8 cm³/mol. The maximum atomic E-state index is 6.06. The van der Waals surface area contributed by atoms with Gasteiger partial charge < -0.3 is 0 Å². The van der Waals surface area contributed by atoms with Crippen LogP contribution in [0.5, 0.6) is 0 Å². The van der Waals surface area contributed by atoms with Crippen LogP contribution < -0.4 is 0 Å². The van der Waals surface area contributed by atoms with Gasteiger partial charge >= 0.3 is 0 Å². The number of hydrogen-bond donors (Lipinski definition) is 0. The summed E-state index contributed by atoms with van der Waals surface area (Å²) in [5.74, 6) is 0. The van der Waals surface area contributed by atoms with Gasteiger partial charge in [-0.15, -0.1) is 0 Å². The Morgan fingerprint density at radius 3 is 2.62 bits per heavy atom. The second-order valence-corrected chi connectivity index (χ2v) is 3.59. The number of halogens is 1. The van der Waals surface area contributed by atoms with Crippen LogP contribution in [0.2, 0.25) is 0 Å². The van der Waals surface area contributed by atoms with E-state index in [2.05, 4.69) is 19.1 Å². The summed E-state index contributed by atoms with van der Waals surface area (Å²) in [6.07, 6.45) is 5.39. The van der Waals surface area contributed by atoms with E-state index in [0.717, 1.165) is 11.5 Å². The highest BCUT2D eigenvalue weighted by Crippen LogP contribution is 2.15. The van der Waals surface area contributed by atoms with Crippen LogP contribution in [-0.2, 0) is 0 Å². The maximum absolute atomic E-state index is 6.06. The Bertz CT molecular complexity index is 262. The van der Waals surface area contributed by atoms with Crippen molar-refractivity contribution in [2.75, 3.05) is 0 Å². The predicted octanol–water partition coefficient (Wildman–Crippen LogP) is 4.46. The molecule has 0 saturated carbocycles. The van der Waals surface area contributed by atoms with Crippen LogP contribution in [0, 0.1) is 0 Å². The molecule has 0 saturated heterocycles. The van der Waals surface area contributed by atoms with E-state index in [9.17, 15) is 0 Å². The standard InChI is InChI=1S/C12H15Cl/c1-2-3-9-12(13)10-11-7-5-4-6-8-11/h4-8,10H,2-3,9H2,1H3. The van der Waals surface area contributed by atoms with Crippen molar-refractivity contribution in [2.45, 2.75) is 26.2 Å². The second kappa shape index (κ2) is 5.82. The first kappa shape index (κ1) is 10.3. The monoisotopic (exact) mass is 194 g/mol. The molecule has 0 radical (unpaired) electrons. The van der Waals surface area contributed by atoms with E-state index in [-0.39, 0.29) is 0 Å². The Kier molecular flexibility index (Phi) is 4.63. The Morgan fingerprint density at radius 1 is 1.31 bits per heavy atom. The van der Waals surface area contributed by atoms with Gasteiger partial charge in [-0.3, -0.25) is 0 Å². The lowest BCUT2D eigenvalue weighted by atomic mass is 10.2. The zero-order valence-electron chi connectivity index (χ0n) is 7.96. The summed E-state index contributed by atoms with van der Waals surface area (Å²) in [5.41, 5.74) is 1.18. The zero-order valence-corrected chi connectivity index (χ0v) is 8.72. The molecule has 1 heteroatoms. The van der Waals surface area contributed by atoms with E-state index >= 15 is 0 Å². The Labute approximate surface area is 85.2 Å². The third-order valence-corrected chi connectivity index (χ3v) is 2.19. The van der Waals surface area contributed by atoms with Crippen LogP contribution in [-0.4, -0.2) is 0 Å². The van der Waals surface area contributed by atoms with Crippen LogP contribution in [0.4, 0.5) is 0 Å². The lowest BCUT2D eigenvalue weighted by Crippen LogP contribution is -1.75. The molecule has 0 nitrogen and oxygen atoms in total. The number of hydrogen-bond acceptors (Lipinski definition) is 0. The number of unbranched alkanes of at least 4 members (excludes halogenated alkanes) is 1. The Hall–Kier alpha value is -0.750. The van der Waals surface area contributed by atoms with Gasteiger partial charge in [0.2, 0.25) is 0 Å². The number of rotatable bonds is 4. The third kappa shape index (κ3) is 4.14. The molecule has 13 heavy (non-hydrogen) atoms. The fourth-order valence-corrected chi connectivity index (χ4v) is 1.41. The Balaban J connectivity index is 2.55. The average Bonchev–Trinajstić information content (AvgIpc) is 2.16. The van der Waals surface area contributed by atoms with Crippen LogP contribution >= 0.6 is 11.6 Å². The molecule has 0 unspecified atom stereocenters. The van der Waals surface area contributed by atoms with Crippen molar-refractivity contribution in [3.05, 3.63) is 40.9 Å². The first-order valence-corrected chi connectivity index (χ1v) is 5.12. The molecule has 0 aliphatic rings. The molecule has 0 spiro atoms. The molecule has 0 aliphatic carbocycles. The lowest BCUT2D eigenvalue weighted by Gasteiger charge is -1.97. The highest BCUT2D eigenvalue weighted by molar-refractivity contribution is 6.31. The molecule has 0 aromatic heterocycles. The molecule has 0 N–H and O–H groups in total. The summed E-state index contributed by atoms with van der Waals surface area (Å²) in [5, 5.41) is 0.952. The van der Waals surface area contributed by atoms with Crippen molar-refractivity contribution in [1.82, 2.24) is 0 Å². The normalized spacial score (nSPS) is 11.7. The molecule has 0 fully saturated rings. The van der Waals surface area contributed by atoms with Gasteiger partial charge in [0, 0.05) is 5.03 Å². The van der Waals surface area contributed by atoms with Crippen LogP contribution in [0.25, 0.3) is 6.08 Å². The van der Waals surface area contributed by atoms with Gasteiger partial charge in [0.25, 0.3) is 0 Å². The van der Waals surface area contributed by atoms with E-state index in [0.29, 0.717) is 0 Å². The van der Waals surface area contributed by atoms with Crippen LogP contribution in [0.15, 0.2) is 35.4 Å². The fraction of sp³-hybridized carbons (Fsp3) is 0.333. The lowest BCUT2D eigenvalue weighted by molar-refractivity contribution is 0.809. The third-order valence-electron chi connectivity index (χ3n) is 1.89. The van der Waals surface area contributed by atoms with E-state index in [1.165, 1.54) is 18.4 Å². The molecule has 1 aromatic rings. The van der Waals surface area contributed by atoms with Gasteiger partial charge in [-0.1, -0.05) is 55.3 Å². The van der Waals surface area contributed by atoms with E-state index < -0.39 is 0 Å². The van der Waals surface area contributed by atoms with Gasteiger partial charge in [-0.05, 0) is 24.5 Å². The van der Waals surface area contributed by atoms with Gasteiger partial charge in [-0.25, -0.2) is 0 Å². The van der Waals surface area contributed by atoms with Crippen molar-refractivity contribution in [3.63, 3.8) is 0 Å². The summed E-state index contributed by atoms with van der Waals surface area (Å²) in [7, 11) is 0. The van der Waals surface area contributed by atoms with E-state index in [4.69, 9.17) is 11.6 Å². The quantitative estimate of drug-likeness (QED) is 0.664. The largest absolute Gasteiger partial charge is 0.0891 e. The van der Waals surface area contributed by atoms with Crippen LogP contribution in [0.1, 0.15) is 31.7 Å². The molecule has 0 amide bonds. The number of benzene rings is 1. The fourth-order valence-electron chi connectivity index (χ4n) is 1.15. The molecule has 0 aliphatic heterocycles. The van der Waals surface area contributed by atoms with Gasteiger partial charge in [0.15, 0.2) is 0 Å². The summed E-state index contributed by atoms with van der Waals surface area (Å²) in [6, 6.07) is 10.2. The van der Waals surface area contributed by atoms with Gasteiger partial charge in [0.05, 0.1) is 0 Å². The first-order valence-electron chi connectivity index (χ1n) is 4.74. The molecular weight excluding hydrogens is 180 g/mol. The molecule has 0 heterocycles.